The van der Waals surface area contributed by atoms with Crippen LogP contribution in [0.3, 0.4) is 0 Å². The van der Waals surface area contributed by atoms with Crippen molar-refractivity contribution in [2.24, 2.45) is 0 Å². The van der Waals surface area contributed by atoms with E-state index in [1.165, 1.54) is 20.6 Å². The van der Waals surface area contributed by atoms with Gasteiger partial charge in [-0.1, -0.05) is 40.5 Å². The molecule has 2 aromatic rings. The molecule has 0 bridgehead atoms. The van der Waals surface area contributed by atoms with Gasteiger partial charge in [0, 0.05) is 28.5 Å². The zero-order valence-electron chi connectivity index (χ0n) is 11.3. The maximum absolute atomic E-state index is 4.40. The lowest BCUT2D eigenvalue weighted by Gasteiger charge is -2.20. The molecular weight excluding hydrogens is 320 g/mol. The fourth-order valence-electron chi connectivity index (χ4n) is 2.07. The highest BCUT2D eigenvalue weighted by molar-refractivity contribution is 9.10. The quantitative estimate of drug-likeness (QED) is 0.838. The molecule has 1 aromatic heterocycles. The third-order valence-electron chi connectivity index (χ3n) is 3.03. The fraction of sp³-hybridized carbons (Fsp3) is 0.400. The van der Waals surface area contributed by atoms with Crippen molar-refractivity contribution in [3.05, 3.63) is 50.4 Å². The Kier molecular flexibility index (Phi) is 5.55. The maximum Gasteiger partial charge on any atom is 0.0943 e. The van der Waals surface area contributed by atoms with E-state index < -0.39 is 0 Å². The van der Waals surface area contributed by atoms with Crippen molar-refractivity contribution < 1.29 is 0 Å². The second-order valence-electron chi connectivity index (χ2n) is 4.66. The van der Waals surface area contributed by atoms with E-state index in [4.69, 9.17) is 0 Å². The number of halogens is 1. The number of aryl methyl sites for hydroxylation is 1. The van der Waals surface area contributed by atoms with E-state index in [9.17, 15) is 0 Å². The van der Waals surface area contributed by atoms with Gasteiger partial charge in [0.2, 0.25) is 0 Å². The molecule has 0 saturated heterocycles. The van der Waals surface area contributed by atoms with Crippen LogP contribution in [-0.4, -0.2) is 11.5 Å². The molecule has 0 aliphatic heterocycles. The summed E-state index contributed by atoms with van der Waals surface area (Å²) in [5.74, 6) is 0. The second-order valence-corrected chi connectivity index (χ2v) is 6.50. The predicted octanol–water partition coefficient (Wildman–Crippen LogP) is 4.50. The SMILES string of the molecule is CCCNC(Cc1nccs1)c1cc(C)ccc1Br. The molecule has 1 atom stereocenters. The Bertz CT molecular complexity index is 511. The molecule has 0 aliphatic rings. The van der Waals surface area contributed by atoms with E-state index in [1.807, 2.05) is 11.6 Å². The van der Waals surface area contributed by atoms with Crippen molar-refractivity contribution in [2.75, 3.05) is 6.54 Å². The van der Waals surface area contributed by atoms with E-state index >= 15 is 0 Å². The highest BCUT2D eigenvalue weighted by atomic mass is 79.9. The summed E-state index contributed by atoms with van der Waals surface area (Å²) in [6.07, 6.45) is 3.96. The molecule has 19 heavy (non-hydrogen) atoms. The zero-order valence-corrected chi connectivity index (χ0v) is 13.7. The van der Waals surface area contributed by atoms with Crippen LogP contribution in [0.4, 0.5) is 0 Å². The average molecular weight is 339 g/mol. The van der Waals surface area contributed by atoms with Gasteiger partial charge in [-0.25, -0.2) is 4.98 Å². The largest absolute Gasteiger partial charge is 0.310 e. The first-order valence-electron chi connectivity index (χ1n) is 6.58. The summed E-state index contributed by atoms with van der Waals surface area (Å²) in [5.41, 5.74) is 2.62. The lowest BCUT2D eigenvalue weighted by molar-refractivity contribution is 0.526. The molecule has 1 aromatic carbocycles. The summed E-state index contributed by atoms with van der Waals surface area (Å²) in [6, 6.07) is 6.84. The predicted molar refractivity (Wildman–Crippen MR) is 85.7 cm³/mol. The van der Waals surface area contributed by atoms with Crippen LogP contribution in [0.15, 0.2) is 34.2 Å². The van der Waals surface area contributed by atoms with Crippen molar-refractivity contribution in [1.82, 2.24) is 10.3 Å². The molecule has 1 heterocycles. The van der Waals surface area contributed by atoms with Crippen LogP contribution in [0.5, 0.6) is 0 Å². The first kappa shape index (κ1) is 14.7. The lowest BCUT2D eigenvalue weighted by Crippen LogP contribution is -2.24. The third kappa shape index (κ3) is 4.13. The van der Waals surface area contributed by atoms with Crippen LogP contribution in [0, 0.1) is 6.92 Å². The fourth-order valence-corrected chi connectivity index (χ4v) is 3.26. The Morgan fingerprint density at radius 1 is 1.42 bits per heavy atom. The van der Waals surface area contributed by atoms with Gasteiger partial charge in [-0.2, -0.15) is 0 Å². The van der Waals surface area contributed by atoms with E-state index in [1.54, 1.807) is 11.3 Å². The van der Waals surface area contributed by atoms with Crippen LogP contribution in [-0.2, 0) is 6.42 Å². The molecule has 1 N–H and O–H groups in total. The summed E-state index contributed by atoms with van der Waals surface area (Å²) < 4.78 is 1.17. The van der Waals surface area contributed by atoms with Gasteiger partial charge in [-0.05, 0) is 31.5 Å². The van der Waals surface area contributed by atoms with Crippen LogP contribution < -0.4 is 5.32 Å². The minimum atomic E-state index is 0.320. The lowest BCUT2D eigenvalue weighted by atomic mass is 10.0. The first-order valence-corrected chi connectivity index (χ1v) is 8.25. The van der Waals surface area contributed by atoms with Gasteiger partial charge >= 0.3 is 0 Å². The van der Waals surface area contributed by atoms with E-state index in [0.717, 1.165) is 19.4 Å². The number of hydrogen-bond acceptors (Lipinski definition) is 3. The Morgan fingerprint density at radius 3 is 2.95 bits per heavy atom. The molecule has 102 valence electrons. The minimum absolute atomic E-state index is 0.320. The second kappa shape index (κ2) is 7.17. The smallest absolute Gasteiger partial charge is 0.0943 e. The topological polar surface area (TPSA) is 24.9 Å². The molecule has 0 saturated carbocycles. The number of rotatable bonds is 6. The highest BCUT2D eigenvalue weighted by Gasteiger charge is 2.16. The van der Waals surface area contributed by atoms with Crippen LogP contribution >= 0.6 is 27.3 Å². The molecule has 1 unspecified atom stereocenters. The van der Waals surface area contributed by atoms with Crippen molar-refractivity contribution in [1.29, 1.82) is 0 Å². The third-order valence-corrected chi connectivity index (χ3v) is 4.55. The van der Waals surface area contributed by atoms with Gasteiger partial charge in [0.15, 0.2) is 0 Å². The van der Waals surface area contributed by atoms with Gasteiger partial charge in [0.25, 0.3) is 0 Å². The molecule has 4 heteroatoms. The Labute approximate surface area is 127 Å². The van der Waals surface area contributed by atoms with E-state index in [-0.39, 0.29) is 0 Å². The van der Waals surface area contributed by atoms with E-state index in [2.05, 4.69) is 58.3 Å². The summed E-state index contributed by atoms with van der Waals surface area (Å²) in [4.78, 5) is 4.40. The zero-order chi connectivity index (χ0) is 13.7. The Balaban J connectivity index is 2.23. The number of hydrogen-bond donors (Lipinski definition) is 1. The van der Waals surface area contributed by atoms with Crippen molar-refractivity contribution in [3.63, 3.8) is 0 Å². The van der Waals surface area contributed by atoms with Gasteiger partial charge in [-0.15, -0.1) is 11.3 Å². The average Bonchev–Trinajstić information content (AvgIpc) is 2.90. The molecule has 0 spiro atoms. The van der Waals surface area contributed by atoms with Crippen molar-refractivity contribution in [2.45, 2.75) is 32.7 Å². The van der Waals surface area contributed by atoms with Crippen molar-refractivity contribution in [3.8, 4) is 0 Å². The molecule has 2 rings (SSSR count). The van der Waals surface area contributed by atoms with E-state index in [0.29, 0.717) is 6.04 Å². The maximum atomic E-state index is 4.40. The number of nitrogens with one attached hydrogen (secondary N) is 1. The number of nitrogens with zero attached hydrogens (tertiary/aromatic N) is 1. The minimum Gasteiger partial charge on any atom is -0.310 e. The summed E-state index contributed by atoms with van der Waals surface area (Å²) in [6.45, 7) is 5.35. The molecule has 0 fully saturated rings. The van der Waals surface area contributed by atoms with Crippen LogP contribution in [0.1, 0.15) is 35.5 Å². The van der Waals surface area contributed by atoms with Gasteiger partial charge in [0.1, 0.15) is 0 Å². The Hall–Kier alpha value is -0.710. The molecule has 2 nitrogen and oxygen atoms in total. The molecule has 0 radical (unpaired) electrons. The summed E-state index contributed by atoms with van der Waals surface area (Å²) >= 11 is 5.39. The first-order chi connectivity index (χ1) is 9.20. The number of thiazole rings is 1. The standard InChI is InChI=1S/C15H19BrN2S/c1-3-6-17-14(10-15-18-7-8-19-15)12-9-11(2)4-5-13(12)16/h4-5,7-9,14,17H,3,6,10H2,1-2H3. The van der Waals surface area contributed by atoms with Gasteiger partial charge < -0.3 is 5.32 Å². The summed E-state index contributed by atoms with van der Waals surface area (Å²) in [7, 11) is 0. The normalized spacial score (nSPS) is 12.6. The van der Waals surface area contributed by atoms with Gasteiger partial charge in [-0.3, -0.25) is 0 Å². The number of benzene rings is 1. The highest BCUT2D eigenvalue weighted by Crippen LogP contribution is 2.27. The molecular formula is C15H19BrN2S. The van der Waals surface area contributed by atoms with Crippen molar-refractivity contribution >= 4 is 27.3 Å². The Morgan fingerprint density at radius 2 is 2.26 bits per heavy atom. The molecule has 0 aliphatic carbocycles. The molecule has 0 amide bonds. The summed E-state index contributed by atoms with van der Waals surface area (Å²) in [5, 5.41) is 6.85. The van der Waals surface area contributed by atoms with Gasteiger partial charge in [0.05, 0.1) is 5.01 Å². The number of aromatic nitrogens is 1. The monoisotopic (exact) mass is 338 g/mol. The van der Waals surface area contributed by atoms with Crippen LogP contribution in [0.25, 0.3) is 0 Å². The van der Waals surface area contributed by atoms with Crippen LogP contribution in [0.2, 0.25) is 0 Å².